The van der Waals surface area contributed by atoms with Crippen molar-refractivity contribution in [2.45, 2.75) is 37.4 Å². The fourth-order valence-electron chi connectivity index (χ4n) is 5.57. The van der Waals surface area contributed by atoms with E-state index in [9.17, 15) is 19.5 Å². The molecule has 4 atom stereocenters. The van der Waals surface area contributed by atoms with Crippen molar-refractivity contribution >= 4 is 69.9 Å². The van der Waals surface area contributed by atoms with Crippen molar-refractivity contribution in [1.29, 1.82) is 0 Å². The summed E-state index contributed by atoms with van der Waals surface area (Å²) in [6, 6.07) is 12.8. The minimum atomic E-state index is -1.37. The molecule has 0 saturated carbocycles. The van der Waals surface area contributed by atoms with Crippen molar-refractivity contribution in [3.05, 3.63) is 96.9 Å². The van der Waals surface area contributed by atoms with Crippen LogP contribution in [0, 0.1) is 0 Å². The van der Waals surface area contributed by atoms with Crippen LogP contribution >= 0.6 is 46.4 Å². The third-order valence-electron chi connectivity index (χ3n) is 7.18. The van der Waals surface area contributed by atoms with E-state index in [1.54, 1.807) is 25.1 Å². The summed E-state index contributed by atoms with van der Waals surface area (Å²) in [5.41, 5.74) is 1.79. The molecule has 2 N–H and O–H groups in total. The largest absolute Gasteiger partial charge is 0.478 e. The predicted molar refractivity (Wildman–Crippen MR) is 150 cm³/mol. The first-order valence-corrected chi connectivity index (χ1v) is 13.7. The number of hydrogen-bond acceptors (Lipinski definition) is 5. The molecule has 0 radical (unpaired) electrons. The van der Waals surface area contributed by atoms with Crippen LogP contribution < -0.4 is 5.32 Å². The third-order valence-corrected chi connectivity index (χ3v) is 8.74. The van der Waals surface area contributed by atoms with Crippen LogP contribution in [-0.4, -0.2) is 46.5 Å². The van der Waals surface area contributed by atoms with Crippen molar-refractivity contribution in [3.63, 3.8) is 0 Å². The molecule has 1 saturated heterocycles. The zero-order valence-corrected chi connectivity index (χ0v) is 23.5. The molecule has 0 spiro atoms. The molecule has 3 aromatic rings. The van der Waals surface area contributed by atoms with E-state index in [0.29, 0.717) is 5.56 Å². The SMILES string of the molecule is CCOC(=O)[C@@H]1CC2c3ccccc3NC2[C@H](c2cccc(Cl)c2Cl)N1C(=O)c1cc(Cl)c(Cl)cc1C(=O)O. The average Bonchev–Trinajstić information content (AvgIpc) is 3.28. The van der Waals surface area contributed by atoms with E-state index < -0.39 is 36.0 Å². The quantitative estimate of drug-likeness (QED) is 0.300. The number of piperidine rings is 1. The number of amides is 1. The summed E-state index contributed by atoms with van der Waals surface area (Å²) >= 11 is 25.4. The van der Waals surface area contributed by atoms with E-state index >= 15 is 0 Å². The van der Waals surface area contributed by atoms with E-state index in [2.05, 4.69) is 5.32 Å². The molecular weight excluding hydrogens is 586 g/mol. The summed E-state index contributed by atoms with van der Waals surface area (Å²) in [5.74, 6) is -2.91. The number of nitrogens with zero attached hydrogens (tertiary/aromatic N) is 1. The number of carboxylic acid groups (broad SMARTS) is 1. The number of carbonyl (C=O) groups excluding carboxylic acids is 2. The number of aromatic carboxylic acids is 1. The number of carboxylic acids is 1. The number of ether oxygens (including phenoxy) is 1. The lowest BCUT2D eigenvalue weighted by Crippen LogP contribution is -2.57. The third kappa shape index (κ3) is 4.82. The second kappa shape index (κ2) is 10.9. The molecule has 0 aliphatic carbocycles. The summed E-state index contributed by atoms with van der Waals surface area (Å²) < 4.78 is 5.42. The highest BCUT2D eigenvalue weighted by molar-refractivity contribution is 6.43. The molecule has 39 heavy (non-hydrogen) atoms. The Bertz CT molecular complexity index is 1500. The number of carbonyl (C=O) groups is 3. The Morgan fingerprint density at radius 2 is 1.62 bits per heavy atom. The number of halogens is 4. The maximum absolute atomic E-state index is 14.4. The summed E-state index contributed by atoms with van der Waals surface area (Å²) in [4.78, 5) is 41.4. The van der Waals surface area contributed by atoms with E-state index in [4.69, 9.17) is 51.1 Å². The van der Waals surface area contributed by atoms with Gasteiger partial charge in [0, 0.05) is 11.6 Å². The van der Waals surface area contributed by atoms with Crippen LogP contribution in [0.5, 0.6) is 0 Å². The Morgan fingerprint density at radius 1 is 0.949 bits per heavy atom. The van der Waals surface area contributed by atoms with E-state index in [-0.39, 0.29) is 50.2 Å². The van der Waals surface area contributed by atoms with E-state index in [1.165, 1.54) is 11.0 Å². The second-order valence-electron chi connectivity index (χ2n) is 9.28. The predicted octanol–water partition coefficient (Wildman–Crippen LogP) is 7.10. The van der Waals surface area contributed by atoms with Crippen LogP contribution in [0.1, 0.15) is 57.1 Å². The zero-order chi connectivity index (χ0) is 28.0. The van der Waals surface area contributed by atoms with Crippen LogP contribution in [0.15, 0.2) is 54.6 Å². The molecule has 11 heteroatoms. The van der Waals surface area contributed by atoms with Gasteiger partial charge in [-0.15, -0.1) is 0 Å². The first-order valence-electron chi connectivity index (χ1n) is 12.1. The van der Waals surface area contributed by atoms with Crippen molar-refractivity contribution < 1.29 is 24.2 Å². The zero-order valence-electron chi connectivity index (χ0n) is 20.5. The molecule has 2 heterocycles. The maximum atomic E-state index is 14.4. The monoisotopic (exact) mass is 606 g/mol. The maximum Gasteiger partial charge on any atom is 0.336 e. The molecule has 1 amide bonds. The molecule has 202 valence electrons. The normalized spacial score (nSPS) is 21.5. The molecule has 3 aromatic carbocycles. The standard InChI is InChI=1S/C28H22Cl4N2O5/c1-2-39-28(38)22-12-15-13-6-3-4-9-21(13)33-24(15)25(14-7-5-8-18(29)23(14)32)34(22)26(35)16-10-19(30)20(31)11-17(16)27(36)37/h3-11,15,22,24-25,33H,2,12H2,1H3,(H,36,37)/t15?,22-,24?,25-/m0/s1. The highest BCUT2D eigenvalue weighted by atomic mass is 35.5. The van der Waals surface area contributed by atoms with E-state index in [0.717, 1.165) is 17.3 Å². The lowest BCUT2D eigenvalue weighted by atomic mass is 9.77. The fraction of sp³-hybridized carbons (Fsp3) is 0.250. The molecule has 1 fully saturated rings. The number of likely N-dealkylation sites (tertiary alicyclic amines) is 1. The first-order chi connectivity index (χ1) is 18.6. The minimum Gasteiger partial charge on any atom is -0.478 e. The molecule has 2 aliphatic rings. The Labute approximate surface area is 244 Å². The molecule has 2 aliphatic heterocycles. The van der Waals surface area contributed by atoms with Crippen LogP contribution in [-0.2, 0) is 9.53 Å². The molecule has 7 nitrogen and oxygen atoms in total. The van der Waals surface area contributed by atoms with E-state index in [1.807, 2.05) is 24.3 Å². The number of fused-ring (bicyclic) bond motifs is 3. The number of para-hydroxylation sites is 1. The average molecular weight is 608 g/mol. The second-order valence-corrected chi connectivity index (χ2v) is 10.9. The number of nitrogens with one attached hydrogen (secondary N) is 1. The van der Waals surface area contributed by atoms with Crippen LogP contribution in [0.25, 0.3) is 0 Å². The van der Waals surface area contributed by atoms with Crippen LogP contribution in [0.4, 0.5) is 5.69 Å². The number of esters is 1. The lowest BCUT2D eigenvalue weighted by molar-refractivity contribution is -0.151. The highest BCUT2D eigenvalue weighted by Crippen LogP contribution is 2.52. The van der Waals surface area contributed by atoms with Gasteiger partial charge in [0.05, 0.1) is 49.9 Å². The molecular formula is C28H22Cl4N2O5. The number of rotatable bonds is 5. The molecule has 0 aromatic heterocycles. The van der Waals surface area contributed by atoms with Crippen molar-refractivity contribution in [2.75, 3.05) is 11.9 Å². The number of hydrogen-bond donors (Lipinski definition) is 2. The summed E-state index contributed by atoms with van der Waals surface area (Å²) in [7, 11) is 0. The summed E-state index contributed by atoms with van der Waals surface area (Å²) in [6.45, 7) is 1.77. The van der Waals surface area contributed by atoms with Gasteiger partial charge in [-0.2, -0.15) is 0 Å². The topological polar surface area (TPSA) is 95.9 Å². The van der Waals surface area contributed by atoms with Crippen LogP contribution in [0.2, 0.25) is 20.1 Å². The smallest absolute Gasteiger partial charge is 0.336 e. The van der Waals surface area contributed by atoms with Crippen molar-refractivity contribution in [2.24, 2.45) is 0 Å². The van der Waals surface area contributed by atoms with Crippen LogP contribution in [0.3, 0.4) is 0 Å². The minimum absolute atomic E-state index is 0.00341. The summed E-state index contributed by atoms with van der Waals surface area (Å²) in [6.07, 6.45) is 0.234. The number of anilines is 1. The Hall–Kier alpha value is -2.97. The van der Waals surface area contributed by atoms with Gasteiger partial charge in [0.2, 0.25) is 0 Å². The van der Waals surface area contributed by atoms with Gasteiger partial charge in [-0.25, -0.2) is 9.59 Å². The van der Waals surface area contributed by atoms with Gasteiger partial charge in [-0.3, -0.25) is 4.79 Å². The Morgan fingerprint density at radius 3 is 2.31 bits per heavy atom. The highest BCUT2D eigenvalue weighted by Gasteiger charge is 2.53. The molecule has 2 unspecified atom stereocenters. The number of benzene rings is 3. The lowest BCUT2D eigenvalue weighted by Gasteiger charge is -2.47. The fourth-order valence-corrected chi connectivity index (χ4v) is 6.31. The van der Waals surface area contributed by atoms with Gasteiger partial charge >= 0.3 is 11.9 Å². The first kappa shape index (κ1) is 27.6. The van der Waals surface area contributed by atoms with Gasteiger partial charge < -0.3 is 20.1 Å². The Balaban J connectivity index is 1.75. The van der Waals surface area contributed by atoms with Crippen molar-refractivity contribution in [1.82, 2.24) is 4.90 Å². The van der Waals surface area contributed by atoms with Gasteiger partial charge in [0.15, 0.2) is 0 Å². The Kier molecular flexibility index (Phi) is 7.71. The van der Waals surface area contributed by atoms with Crippen molar-refractivity contribution in [3.8, 4) is 0 Å². The van der Waals surface area contributed by atoms with Gasteiger partial charge in [0.1, 0.15) is 6.04 Å². The van der Waals surface area contributed by atoms with Gasteiger partial charge in [-0.05, 0) is 48.7 Å². The molecule has 5 rings (SSSR count). The van der Waals surface area contributed by atoms with Gasteiger partial charge in [0.25, 0.3) is 5.91 Å². The molecule has 0 bridgehead atoms. The summed E-state index contributed by atoms with van der Waals surface area (Å²) in [5, 5.41) is 13.9. The van der Waals surface area contributed by atoms with Gasteiger partial charge in [-0.1, -0.05) is 76.7 Å².